The predicted octanol–water partition coefficient (Wildman–Crippen LogP) is 3.90. The number of amides is 1. The van der Waals surface area contributed by atoms with Gasteiger partial charge in [0.25, 0.3) is 0 Å². The fourth-order valence-corrected chi connectivity index (χ4v) is 4.80. The van der Waals surface area contributed by atoms with Gasteiger partial charge in [0, 0.05) is 51.7 Å². The van der Waals surface area contributed by atoms with Crippen molar-refractivity contribution in [2.24, 2.45) is 11.8 Å². The van der Waals surface area contributed by atoms with Crippen molar-refractivity contribution in [1.82, 2.24) is 9.80 Å². The number of carbonyl (C=O) groups excluding carboxylic acids is 1. The van der Waals surface area contributed by atoms with Crippen LogP contribution < -0.4 is 9.47 Å². The van der Waals surface area contributed by atoms with Gasteiger partial charge in [-0.1, -0.05) is 32.0 Å². The van der Waals surface area contributed by atoms with Gasteiger partial charge in [-0.25, -0.2) is 4.39 Å². The van der Waals surface area contributed by atoms with Gasteiger partial charge in [-0.3, -0.25) is 9.69 Å². The van der Waals surface area contributed by atoms with E-state index in [9.17, 15) is 9.18 Å². The summed E-state index contributed by atoms with van der Waals surface area (Å²) in [5, 5.41) is 0. The Hall–Kier alpha value is -2.64. The Bertz CT molecular complexity index is 950. The van der Waals surface area contributed by atoms with Crippen LogP contribution in [0.1, 0.15) is 30.9 Å². The van der Waals surface area contributed by atoms with Crippen LogP contribution in [0.3, 0.4) is 0 Å². The van der Waals surface area contributed by atoms with Gasteiger partial charge < -0.3 is 19.1 Å². The van der Waals surface area contributed by atoms with Crippen molar-refractivity contribution in [1.29, 1.82) is 0 Å². The Morgan fingerprint density at radius 2 is 1.91 bits per heavy atom. The van der Waals surface area contributed by atoms with Crippen LogP contribution in [0.5, 0.6) is 11.5 Å². The molecule has 2 aromatic carbocycles. The Morgan fingerprint density at radius 1 is 1.15 bits per heavy atom. The Labute approximate surface area is 195 Å². The smallest absolute Gasteiger partial charge is 0.231 e. The van der Waals surface area contributed by atoms with E-state index in [4.69, 9.17) is 14.2 Å². The zero-order valence-corrected chi connectivity index (χ0v) is 19.6. The second kappa shape index (κ2) is 10.5. The first-order valence-corrected chi connectivity index (χ1v) is 11.6. The summed E-state index contributed by atoms with van der Waals surface area (Å²) in [6.45, 7) is 8.33. The van der Waals surface area contributed by atoms with Crippen LogP contribution in [0.15, 0.2) is 42.5 Å². The molecule has 0 aliphatic carbocycles. The molecule has 6 nitrogen and oxygen atoms in total. The highest BCUT2D eigenvalue weighted by atomic mass is 19.1. The summed E-state index contributed by atoms with van der Waals surface area (Å²) in [6.07, 6.45) is 0. The van der Waals surface area contributed by atoms with Gasteiger partial charge in [-0.05, 0) is 41.3 Å². The largest absolute Gasteiger partial charge is 0.454 e. The van der Waals surface area contributed by atoms with E-state index in [1.807, 2.05) is 43.0 Å². The minimum absolute atomic E-state index is 0.0720. The van der Waals surface area contributed by atoms with Crippen LogP contribution in [0.2, 0.25) is 0 Å². The van der Waals surface area contributed by atoms with Crippen molar-refractivity contribution in [3.63, 3.8) is 0 Å². The second-order valence-corrected chi connectivity index (χ2v) is 9.23. The van der Waals surface area contributed by atoms with Crippen molar-refractivity contribution in [3.8, 4) is 11.5 Å². The normalized spacial score (nSPS) is 19.9. The number of nitrogens with zero attached hydrogens (tertiary/aromatic N) is 2. The minimum atomic E-state index is -0.234. The van der Waals surface area contributed by atoms with Crippen LogP contribution in [0, 0.1) is 17.7 Å². The third-order valence-electron chi connectivity index (χ3n) is 6.48. The van der Waals surface area contributed by atoms with Gasteiger partial charge in [-0.2, -0.15) is 0 Å². The molecule has 0 radical (unpaired) electrons. The molecular weight excluding hydrogens is 423 g/mol. The first-order valence-electron chi connectivity index (χ1n) is 11.6. The lowest BCUT2D eigenvalue weighted by Crippen LogP contribution is -2.41. The van der Waals surface area contributed by atoms with Crippen LogP contribution in [0.25, 0.3) is 0 Å². The van der Waals surface area contributed by atoms with Gasteiger partial charge in [0.05, 0.1) is 6.61 Å². The lowest BCUT2D eigenvalue weighted by atomic mass is 9.88. The third-order valence-corrected chi connectivity index (χ3v) is 6.48. The molecule has 2 aromatic rings. The fraction of sp³-hybridized carbons (Fsp3) is 0.500. The molecule has 7 heteroatoms. The number of ether oxygens (including phenoxy) is 3. The molecule has 0 N–H and O–H groups in total. The first kappa shape index (κ1) is 23.5. The Balaban J connectivity index is 1.53. The van der Waals surface area contributed by atoms with Crippen LogP contribution >= 0.6 is 0 Å². The number of halogens is 1. The van der Waals surface area contributed by atoms with Gasteiger partial charge >= 0.3 is 0 Å². The van der Waals surface area contributed by atoms with Crippen molar-refractivity contribution in [2.45, 2.75) is 26.3 Å². The maximum atomic E-state index is 13.6. The van der Waals surface area contributed by atoms with Crippen LogP contribution in [-0.4, -0.2) is 62.4 Å². The minimum Gasteiger partial charge on any atom is -0.454 e. The van der Waals surface area contributed by atoms with Gasteiger partial charge in [0.15, 0.2) is 11.5 Å². The van der Waals surface area contributed by atoms with E-state index in [-0.39, 0.29) is 36.3 Å². The van der Waals surface area contributed by atoms with E-state index < -0.39 is 0 Å². The SMILES string of the molecule is COCCN(CC1CN(Cc2ccc3c(c2)OCO3)CC1c1ccc(F)cc1)C(=O)C(C)C. The zero-order valence-electron chi connectivity index (χ0n) is 19.6. The number of benzene rings is 2. The zero-order chi connectivity index (χ0) is 23.4. The van der Waals surface area contributed by atoms with E-state index in [1.165, 1.54) is 12.1 Å². The average molecular weight is 457 g/mol. The number of carbonyl (C=O) groups is 1. The Morgan fingerprint density at radius 3 is 2.64 bits per heavy atom. The molecular formula is C26H33FN2O4. The molecule has 178 valence electrons. The van der Waals surface area contributed by atoms with Gasteiger partial charge in [-0.15, -0.1) is 0 Å². The third kappa shape index (κ3) is 5.65. The molecule has 0 aromatic heterocycles. The Kier molecular flexibility index (Phi) is 7.50. The highest BCUT2D eigenvalue weighted by molar-refractivity contribution is 5.78. The molecule has 2 unspecified atom stereocenters. The lowest BCUT2D eigenvalue weighted by Gasteiger charge is -2.29. The monoisotopic (exact) mass is 456 g/mol. The topological polar surface area (TPSA) is 51.2 Å². The van der Waals surface area contributed by atoms with Crippen molar-refractivity contribution in [3.05, 3.63) is 59.4 Å². The lowest BCUT2D eigenvalue weighted by molar-refractivity contribution is -0.135. The summed E-state index contributed by atoms with van der Waals surface area (Å²) in [7, 11) is 1.65. The van der Waals surface area contributed by atoms with E-state index in [0.29, 0.717) is 19.7 Å². The number of hydrogen-bond acceptors (Lipinski definition) is 5. The molecule has 1 amide bonds. The van der Waals surface area contributed by atoms with Crippen molar-refractivity contribution >= 4 is 5.91 Å². The number of likely N-dealkylation sites (tertiary alicyclic amines) is 1. The number of methoxy groups -OCH3 is 1. The standard InChI is InChI=1S/C26H33FN2O4/c1-18(2)26(30)29(10-11-31-3)15-21-14-28(16-23(21)20-5-7-22(27)8-6-20)13-19-4-9-24-25(12-19)33-17-32-24/h4-9,12,18,21,23H,10-11,13-17H2,1-3H3. The summed E-state index contributed by atoms with van der Waals surface area (Å²) in [5.41, 5.74) is 2.27. The van der Waals surface area contributed by atoms with Crippen molar-refractivity contribution in [2.75, 3.05) is 46.7 Å². The van der Waals surface area contributed by atoms with Gasteiger partial charge in [0.1, 0.15) is 5.82 Å². The summed E-state index contributed by atoms with van der Waals surface area (Å²) in [6, 6.07) is 12.9. The van der Waals surface area contributed by atoms with Gasteiger partial charge in [0.2, 0.25) is 12.7 Å². The van der Waals surface area contributed by atoms with Crippen LogP contribution in [-0.2, 0) is 16.1 Å². The summed E-state index contributed by atoms with van der Waals surface area (Å²) in [5.74, 6) is 1.85. The fourth-order valence-electron chi connectivity index (χ4n) is 4.80. The maximum Gasteiger partial charge on any atom is 0.231 e. The number of rotatable bonds is 9. The molecule has 2 heterocycles. The molecule has 2 atom stereocenters. The van der Waals surface area contributed by atoms with E-state index in [1.54, 1.807) is 7.11 Å². The van der Waals surface area contributed by atoms with E-state index in [0.717, 1.165) is 42.3 Å². The molecule has 0 saturated carbocycles. The molecule has 33 heavy (non-hydrogen) atoms. The second-order valence-electron chi connectivity index (χ2n) is 9.23. The van der Waals surface area contributed by atoms with E-state index in [2.05, 4.69) is 11.0 Å². The van der Waals surface area contributed by atoms with Crippen LogP contribution in [0.4, 0.5) is 4.39 Å². The molecule has 1 saturated heterocycles. The first-order chi connectivity index (χ1) is 15.9. The number of hydrogen-bond donors (Lipinski definition) is 0. The molecule has 2 aliphatic heterocycles. The number of fused-ring (bicyclic) bond motifs is 1. The molecule has 0 bridgehead atoms. The molecule has 2 aliphatic rings. The molecule has 4 rings (SSSR count). The summed E-state index contributed by atoms with van der Waals surface area (Å²) in [4.78, 5) is 17.2. The quantitative estimate of drug-likeness (QED) is 0.573. The molecule has 1 fully saturated rings. The highest BCUT2D eigenvalue weighted by Crippen LogP contribution is 2.36. The highest BCUT2D eigenvalue weighted by Gasteiger charge is 2.36. The maximum absolute atomic E-state index is 13.6. The van der Waals surface area contributed by atoms with Crippen molar-refractivity contribution < 1.29 is 23.4 Å². The summed E-state index contributed by atoms with van der Waals surface area (Å²) < 4.78 is 29.8. The predicted molar refractivity (Wildman–Crippen MR) is 124 cm³/mol. The molecule has 0 spiro atoms. The summed E-state index contributed by atoms with van der Waals surface area (Å²) >= 11 is 0. The average Bonchev–Trinajstić information content (AvgIpc) is 3.43. The van der Waals surface area contributed by atoms with E-state index >= 15 is 0 Å².